The number of aromatic nitrogens is 2. The van der Waals surface area contributed by atoms with E-state index in [0.717, 1.165) is 11.1 Å². The number of hydrogen-bond donors (Lipinski definition) is 2. The zero-order valence-corrected chi connectivity index (χ0v) is 18.9. The number of nitrogen functional groups attached to an aromatic ring is 1. The highest BCUT2D eigenvalue weighted by Gasteiger charge is 2.18. The van der Waals surface area contributed by atoms with Gasteiger partial charge < -0.3 is 20.5 Å². The van der Waals surface area contributed by atoms with Gasteiger partial charge >= 0.3 is 5.97 Å². The predicted molar refractivity (Wildman–Crippen MR) is 134 cm³/mol. The summed E-state index contributed by atoms with van der Waals surface area (Å²) in [5, 5.41) is 5.32. The van der Waals surface area contributed by atoms with E-state index in [0.29, 0.717) is 38.6 Å². The van der Waals surface area contributed by atoms with E-state index < -0.39 is 5.97 Å². The molecule has 0 unspecified atom stereocenters. The van der Waals surface area contributed by atoms with Crippen LogP contribution < -0.4 is 15.8 Å². The zero-order valence-electron chi connectivity index (χ0n) is 18.1. The van der Waals surface area contributed by atoms with Crippen molar-refractivity contribution in [3.63, 3.8) is 0 Å². The number of nitrogens with one attached hydrogen (secondary N) is 1. The number of rotatable bonds is 7. The number of nitrogens with zero attached hydrogens (tertiary/aromatic N) is 2. The van der Waals surface area contributed by atoms with Crippen LogP contribution in [0.1, 0.15) is 46.2 Å². The number of anilines is 2. The summed E-state index contributed by atoms with van der Waals surface area (Å²) < 4.78 is 11.7. The van der Waals surface area contributed by atoms with Gasteiger partial charge in [0.15, 0.2) is 0 Å². The van der Waals surface area contributed by atoms with E-state index in [-0.39, 0.29) is 26.5 Å². The van der Waals surface area contributed by atoms with Crippen molar-refractivity contribution in [3.05, 3.63) is 76.4 Å². The third-order valence-electron chi connectivity index (χ3n) is 4.84. The number of aryl methyl sites for hydroxylation is 1. The summed E-state index contributed by atoms with van der Waals surface area (Å²) in [6, 6.07) is 10.5. The molecule has 1 amide bonds. The molecule has 3 heterocycles. The van der Waals surface area contributed by atoms with Crippen LogP contribution in [-0.2, 0) is 11.3 Å². The van der Waals surface area contributed by atoms with Gasteiger partial charge in [0, 0.05) is 28.9 Å². The number of carbonyl (C=O) groups is 2. The van der Waals surface area contributed by atoms with Gasteiger partial charge in [0.25, 0.3) is 5.91 Å². The number of pyridine rings is 2. The molecule has 3 aromatic heterocycles. The van der Waals surface area contributed by atoms with Crippen LogP contribution in [0.2, 0.25) is 0 Å². The standard InChI is InChI=1S/C24H22N4O4S.CH4/c1-3-31-24(30)18-11-27-22(25)20-16(13-33-21(18)20)12-32-17-6-4-5-15(9-17)23(29)28-19-8-7-14(2)10-26-19;/h4-11,13H,3,12H2,1-2H3,(H2,25,27)(H,26,28,29);1H4. The lowest BCUT2D eigenvalue weighted by Crippen LogP contribution is -2.13. The molecule has 0 aliphatic rings. The third-order valence-corrected chi connectivity index (χ3v) is 5.90. The molecule has 8 nitrogen and oxygen atoms in total. The smallest absolute Gasteiger partial charge is 0.341 e. The summed E-state index contributed by atoms with van der Waals surface area (Å²) in [4.78, 5) is 33.2. The van der Waals surface area contributed by atoms with Crippen LogP contribution >= 0.6 is 11.3 Å². The third kappa shape index (κ3) is 5.32. The molecule has 1 aromatic carbocycles. The number of amides is 1. The SMILES string of the molecule is C.CCOC(=O)c1cnc(N)c2c(COc3cccc(C(=O)Nc4ccc(C)cn4)c3)csc12. The Morgan fingerprint density at radius 1 is 1.15 bits per heavy atom. The quantitative estimate of drug-likeness (QED) is 0.350. The Morgan fingerprint density at radius 2 is 1.97 bits per heavy atom. The molecular formula is C25H26N4O4S. The Kier molecular flexibility index (Phi) is 7.80. The highest BCUT2D eigenvalue weighted by Crippen LogP contribution is 2.33. The van der Waals surface area contributed by atoms with Crippen molar-refractivity contribution in [2.75, 3.05) is 17.7 Å². The number of carbonyl (C=O) groups excluding carboxylic acids is 2. The molecule has 9 heteroatoms. The molecular weight excluding hydrogens is 452 g/mol. The largest absolute Gasteiger partial charge is 0.489 e. The van der Waals surface area contributed by atoms with E-state index in [9.17, 15) is 9.59 Å². The number of thiophene rings is 1. The second kappa shape index (κ2) is 10.8. The van der Waals surface area contributed by atoms with Crippen LogP contribution in [-0.4, -0.2) is 28.5 Å². The molecule has 0 atom stereocenters. The van der Waals surface area contributed by atoms with Crippen LogP contribution in [0.4, 0.5) is 11.6 Å². The molecule has 0 bridgehead atoms. The Labute approximate surface area is 201 Å². The van der Waals surface area contributed by atoms with Gasteiger partial charge in [-0.15, -0.1) is 11.3 Å². The summed E-state index contributed by atoms with van der Waals surface area (Å²) in [5.41, 5.74) is 8.71. The Bertz CT molecular complexity index is 1320. The van der Waals surface area contributed by atoms with Crippen LogP contribution in [0.5, 0.6) is 5.75 Å². The summed E-state index contributed by atoms with van der Waals surface area (Å²) in [7, 11) is 0. The summed E-state index contributed by atoms with van der Waals surface area (Å²) in [6.07, 6.45) is 3.12. The molecule has 4 aromatic rings. The van der Waals surface area contributed by atoms with Crippen molar-refractivity contribution >= 4 is 44.9 Å². The molecule has 0 fully saturated rings. The summed E-state index contributed by atoms with van der Waals surface area (Å²) in [6.45, 7) is 4.15. The van der Waals surface area contributed by atoms with Crippen LogP contribution in [0.25, 0.3) is 10.1 Å². The lowest BCUT2D eigenvalue weighted by Gasteiger charge is -2.09. The highest BCUT2D eigenvalue weighted by atomic mass is 32.1. The Hall–Kier alpha value is -3.98. The van der Waals surface area contributed by atoms with Gasteiger partial charge in [-0.3, -0.25) is 4.79 Å². The number of esters is 1. The topological polar surface area (TPSA) is 116 Å². The average Bonchev–Trinajstić information content (AvgIpc) is 3.24. The minimum Gasteiger partial charge on any atom is -0.489 e. The molecule has 0 saturated heterocycles. The van der Waals surface area contributed by atoms with Crippen molar-refractivity contribution in [1.82, 2.24) is 9.97 Å². The van der Waals surface area contributed by atoms with E-state index >= 15 is 0 Å². The maximum absolute atomic E-state index is 12.6. The van der Waals surface area contributed by atoms with E-state index in [1.54, 1.807) is 43.5 Å². The normalized spacial score (nSPS) is 10.4. The van der Waals surface area contributed by atoms with Gasteiger partial charge in [-0.05, 0) is 49.1 Å². The molecule has 3 N–H and O–H groups in total. The van der Waals surface area contributed by atoms with Gasteiger partial charge in [-0.1, -0.05) is 19.6 Å². The van der Waals surface area contributed by atoms with Crippen molar-refractivity contribution in [2.45, 2.75) is 27.9 Å². The maximum atomic E-state index is 12.6. The fourth-order valence-electron chi connectivity index (χ4n) is 3.21. The second-order valence-electron chi connectivity index (χ2n) is 7.23. The minimum atomic E-state index is -0.439. The number of fused-ring (bicyclic) bond motifs is 1. The fourth-order valence-corrected chi connectivity index (χ4v) is 4.27. The van der Waals surface area contributed by atoms with Crippen molar-refractivity contribution in [2.24, 2.45) is 0 Å². The Balaban J connectivity index is 0.00000324. The first-order valence-electron chi connectivity index (χ1n) is 10.2. The number of hydrogen-bond acceptors (Lipinski definition) is 8. The van der Waals surface area contributed by atoms with Gasteiger partial charge in [0.05, 0.1) is 16.9 Å². The van der Waals surface area contributed by atoms with Gasteiger partial charge in [0.2, 0.25) is 0 Å². The van der Waals surface area contributed by atoms with Crippen molar-refractivity contribution < 1.29 is 19.1 Å². The van der Waals surface area contributed by atoms with E-state index in [1.807, 2.05) is 18.4 Å². The molecule has 34 heavy (non-hydrogen) atoms. The van der Waals surface area contributed by atoms with Gasteiger partial charge in [0.1, 0.15) is 24.0 Å². The lowest BCUT2D eigenvalue weighted by molar-refractivity contribution is 0.0528. The number of ether oxygens (including phenoxy) is 2. The van der Waals surface area contributed by atoms with Crippen LogP contribution in [0.15, 0.2) is 54.2 Å². The second-order valence-corrected chi connectivity index (χ2v) is 8.11. The average molecular weight is 479 g/mol. The molecule has 4 rings (SSSR count). The predicted octanol–water partition coefficient (Wildman–Crippen LogP) is 5.23. The molecule has 0 aliphatic heterocycles. The fraction of sp³-hybridized carbons (Fsp3) is 0.200. The molecule has 176 valence electrons. The Morgan fingerprint density at radius 3 is 2.71 bits per heavy atom. The first-order valence-corrected chi connectivity index (χ1v) is 11.1. The minimum absolute atomic E-state index is 0. The first kappa shape index (κ1) is 24.7. The van der Waals surface area contributed by atoms with Crippen molar-refractivity contribution in [1.29, 1.82) is 0 Å². The molecule has 0 aliphatic carbocycles. The summed E-state index contributed by atoms with van der Waals surface area (Å²) in [5.74, 6) is 0.585. The lowest BCUT2D eigenvalue weighted by atomic mass is 10.1. The van der Waals surface area contributed by atoms with E-state index in [4.69, 9.17) is 15.2 Å². The van der Waals surface area contributed by atoms with Crippen LogP contribution in [0, 0.1) is 6.92 Å². The van der Waals surface area contributed by atoms with Gasteiger partial charge in [-0.25, -0.2) is 14.8 Å². The maximum Gasteiger partial charge on any atom is 0.341 e. The molecule has 0 spiro atoms. The zero-order chi connectivity index (χ0) is 23.4. The highest BCUT2D eigenvalue weighted by molar-refractivity contribution is 7.17. The number of benzene rings is 1. The van der Waals surface area contributed by atoms with Crippen LogP contribution in [0.3, 0.4) is 0 Å². The number of nitrogens with two attached hydrogens (primary N) is 1. The first-order chi connectivity index (χ1) is 16.0. The molecule has 0 saturated carbocycles. The van der Waals surface area contributed by atoms with E-state index in [1.165, 1.54) is 17.5 Å². The van der Waals surface area contributed by atoms with E-state index in [2.05, 4.69) is 15.3 Å². The monoisotopic (exact) mass is 478 g/mol. The van der Waals surface area contributed by atoms with Crippen molar-refractivity contribution in [3.8, 4) is 5.75 Å². The molecule has 0 radical (unpaired) electrons. The summed E-state index contributed by atoms with van der Waals surface area (Å²) >= 11 is 1.38. The van der Waals surface area contributed by atoms with Gasteiger partial charge in [-0.2, -0.15) is 0 Å².